The van der Waals surface area contributed by atoms with Crippen LogP contribution in [-0.2, 0) is 0 Å². The molecule has 118 valence electrons. The molecule has 1 heterocycles. The van der Waals surface area contributed by atoms with Crippen molar-refractivity contribution in [3.8, 4) is 0 Å². The van der Waals surface area contributed by atoms with Gasteiger partial charge >= 0.3 is 0 Å². The molecule has 3 nitrogen and oxygen atoms in total. The minimum absolute atomic E-state index is 0.106. The van der Waals surface area contributed by atoms with Gasteiger partial charge in [0.05, 0.1) is 31.4 Å². The molecular weight excluding hydrogens is 322 g/mol. The monoisotopic (exact) mass is 338 g/mol. The highest BCUT2D eigenvalue weighted by atomic mass is 35.5. The van der Waals surface area contributed by atoms with E-state index in [0.717, 1.165) is 12.1 Å². The number of carbonyl (C=O) groups excluding carboxylic acids is 1. The molecule has 1 aromatic rings. The number of hydrogen-bond acceptors (Lipinski definition) is 2. The smallest absolute Gasteiger partial charge is 0.251 e. The van der Waals surface area contributed by atoms with Gasteiger partial charge in [-0.25, -0.2) is 4.39 Å². The van der Waals surface area contributed by atoms with Gasteiger partial charge in [-0.1, -0.05) is 29.2 Å². The molecule has 0 unspecified atom stereocenters. The molecule has 0 spiro atoms. The van der Waals surface area contributed by atoms with Crippen LogP contribution in [0.15, 0.2) is 18.2 Å². The van der Waals surface area contributed by atoms with Crippen molar-refractivity contribution in [1.29, 1.82) is 0 Å². The fraction of sp³-hybridized carbons (Fsp3) is 0.533. The van der Waals surface area contributed by atoms with Crippen LogP contribution in [0.2, 0.25) is 5.02 Å². The molecule has 0 atom stereocenters. The number of halogens is 2. The van der Waals surface area contributed by atoms with Crippen molar-refractivity contribution in [2.75, 3.05) is 13.1 Å². The summed E-state index contributed by atoms with van der Waals surface area (Å²) in [6.45, 7) is 2.66. The van der Waals surface area contributed by atoms with Gasteiger partial charge in [0.25, 0.3) is 5.91 Å². The summed E-state index contributed by atoms with van der Waals surface area (Å²) < 4.78 is 13.3. The lowest BCUT2D eigenvalue weighted by Crippen LogP contribution is -2.67. The molecule has 1 aliphatic heterocycles. The van der Waals surface area contributed by atoms with Crippen molar-refractivity contribution in [1.82, 2.24) is 10.2 Å². The molecule has 0 aromatic heterocycles. The molecule has 0 aliphatic carbocycles. The van der Waals surface area contributed by atoms with Crippen molar-refractivity contribution < 1.29 is 9.18 Å². The van der Waals surface area contributed by atoms with E-state index in [2.05, 4.69) is 5.32 Å². The second kappa shape index (κ2) is 7.17. The summed E-state index contributed by atoms with van der Waals surface area (Å²) in [5.41, 5.74) is 0.143. The number of likely N-dealkylation sites (tertiary alicyclic amines) is 1. The third-order valence-electron chi connectivity index (χ3n) is 4.23. The maximum Gasteiger partial charge on any atom is 0.251 e. The van der Waals surface area contributed by atoms with Crippen LogP contribution < -0.4 is 5.32 Å². The van der Waals surface area contributed by atoms with Gasteiger partial charge in [-0.05, 0) is 43.5 Å². The van der Waals surface area contributed by atoms with Gasteiger partial charge < -0.3 is 10.2 Å². The van der Waals surface area contributed by atoms with Gasteiger partial charge in [0, 0.05) is 17.1 Å². The molecule has 1 fully saturated rings. The predicted octanol–water partition coefficient (Wildman–Crippen LogP) is 0.922. The molecular formula is C15H16B4ClFN2O. The molecule has 2 rings (SSSR count). The van der Waals surface area contributed by atoms with E-state index in [4.69, 9.17) is 43.0 Å². The Balaban J connectivity index is 2.03. The predicted molar refractivity (Wildman–Crippen MR) is 97.3 cm³/mol. The van der Waals surface area contributed by atoms with E-state index < -0.39 is 22.4 Å². The van der Waals surface area contributed by atoms with Gasteiger partial charge in [0.2, 0.25) is 0 Å². The second-order valence-corrected chi connectivity index (χ2v) is 6.81. The quantitative estimate of drug-likeness (QED) is 0.829. The Morgan fingerprint density at radius 2 is 1.88 bits per heavy atom. The Kier molecular flexibility index (Phi) is 5.81. The van der Waals surface area contributed by atoms with Crippen molar-refractivity contribution in [3.63, 3.8) is 0 Å². The minimum Gasteiger partial charge on any atom is -0.352 e. The first kappa shape index (κ1) is 19.5. The summed E-state index contributed by atoms with van der Waals surface area (Å²) in [6.07, 6.45) is 0.836. The number of hydrogen-bond donors (Lipinski definition) is 1. The topological polar surface area (TPSA) is 32.3 Å². The summed E-state index contributed by atoms with van der Waals surface area (Å²) in [7, 11) is 24.5. The zero-order valence-electron chi connectivity index (χ0n) is 13.6. The molecule has 0 bridgehead atoms. The van der Waals surface area contributed by atoms with Crippen LogP contribution in [0.4, 0.5) is 4.39 Å². The standard InChI is InChI=1S/C15H16B4ClFN2O/c1-2-23-14(16,17)6-9(7-15(23,18)19)8-22-13(24)10-3-11(20)5-12(21)4-10/h3-5,9H,2,6-8H2,1H3,(H,22,24). The van der Waals surface area contributed by atoms with Crippen LogP contribution >= 0.6 is 11.6 Å². The first-order chi connectivity index (χ1) is 11.0. The first-order valence-electron chi connectivity index (χ1n) is 7.72. The zero-order chi connectivity index (χ0) is 18.1. The fourth-order valence-electron chi connectivity index (χ4n) is 3.36. The molecule has 1 aromatic carbocycles. The third-order valence-corrected chi connectivity index (χ3v) is 4.45. The molecule has 9 heteroatoms. The summed E-state index contributed by atoms with van der Waals surface area (Å²) >= 11 is 5.76. The normalized spacial score (nSPS) is 20.6. The summed E-state index contributed by atoms with van der Waals surface area (Å²) in [4.78, 5) is 13.8. The number of rotatable bonds is 4. The SMILES string of the molecule is [B]C1([B])CC(CNC(=O)c2cc(F)cc(Cl)c2)CC([B])([B])N1CC. The van der Waals surface area contributed by atoms with E-state index in [-0.39, 0.29) is 23.0 Å². The maximum absolute atomic E-state index is 13.3. The average Bonchev–Trinajstić information content (AvgIpc) is 2.41. The highest BCUT2D eigenvalue weighted by molar-refractivity contribution is 6.44. The van der Waals surface area contributed by atoms with Gasteiger partial charge in [-0.2, -0.15) is 0 Å². The lowest BCUT2D eigenvalue weighted by atomic mass is 9.45. The van der Waals surface area contributed by atoms with Gasteiger partial charge in [0.1, 0.15) is 5.82 Å². The summed E-state index contributed by atoms with van der Waals surface area (Å²) in [5, 5.41) is 0.564. The zero-order valence-corrected chi connectivity index (χ0v) is 14.3. The van der Waals surface area contributed by atoms with E-state index in [1.165, 1.54) is 6.07 Å². The van der Waals surface area contributed by atoms with E-state index >= 15 is 0 Å². The van der Waals surface area contributed by atoms with Crippen molar-refractivity contribution in [2.45, 2.75) is 30.4 Å². The molecule has 24 heavy (non-hydrogen) atoms. The lowest BCUT2D eigenvalue weighted by molar-refractivity contribution is 0.0833. The number of nitrogens with zero attached hydrogens (tertiary/aromatic N) is 1. The summed E-state index contributed by atoms with van der Waals surface area (Å²) in [6, 6.07) is 3.65. The summed E-state index contributed by atoms with van der Waals surface area (Å²) in [5.74, 6) is -1.12. The number of amides is 1. The molecule has 1 aliphatic rings. The van der Waals surface area contributed by atoms with Crippen LogP contribution in [0.3, 0.4) is 0 Å². The molecule has 1 N–H and O–H groups in total. The Morgan fingerprint density at radius 3 is 2.38 bits per heavy atom. The van der Waals surface area contributed by atoms with Crippen LogP contribution in [0.1, 0.15) is 30.1 Å². The first-order valence-corrected chi connectivity index (χ1v) is 8.10. The van der Waals surface area contributed by atoms with E-state index in [0.29, 0.717) is 19.4 Å². The van der Waals surface area contributed by atoms with Crippen molar-refractivity contribution >= 4 is 48.9 Å². The molecule has 1 saturated heterocycles. The van der Waals surface area contributed by atoms with E-state index in [1.54, 1.807) is 4.90 Å². The minimum atomic E-state index is -1.16. The highest BCUT2D eigenvalue weighted by Crippen LogP contribution is 2.35. The van der Waals surface area contributed by atoms with Crippen molar-refractivity contribution in [2.24, 2.45) is 5.92 Å². The number of nitrogens with one attached hydrogen (secondary N) is 1. The lowest BCUT2D eigenvalue weighted by Gasteiger charge is -2.57. The Labute approximate surface area is 152 Å². The molecule has 8 radical (unpaired) electrons. The van der Waals surface area contributed by atoms with Gasteiger partial charge in [-0.15, -0.1) is 0 Å². The van der Waals surface area contributed by atoms with E-state index in [1.807, 2.05) is 6.92 Å². The second-order valence-electron chi connectivity index (χ2n) is 6.37. The van der Waals surface area contributed by atoms with E-state index in [9.17, 15) is 9.18 Å². The third kappa shape index (κ3) is 4.40. The van der Waals surface area contributed by atoms with Crippen LogP contribution in [0, 0.1) is 11.7 Å². The number of piperidine rings is 1. The van der Waals surface area contributed by atoms with Crippen LogP contribution in [0.25, 0.3) is 0 Å². The van der Waals surface area contributed by atoms with Crippen LogP contribution in [0.5, 0.6) is 0 Å². The Morgan fingerprint density at radius 1 is 1.29 bits per heavy atom. The average molecular weight is 338 g/mol. The van der Waals surface area contributed by atoms with Crippen molar-refractivity contribution in [3.05, 3.63) is 34.6 Å². The Hall–Kier alpha value is -0.870. The fourth-order valence-corrected chi connectivity index (χ4v) is 3.58. The largest absolute Gasteiger partial charge is 0.352 e. The molecule has 1 amide bonds. The number of benzene rings is 1. The Bertz CT molecular complexity index is 591. The van der Waals surface area contributed by atoms with Gasteiger partial charge in [0.15, 0.2) is 0 Å². The highest BCUT2D eigenvalue weighted by Gasteiger charge is 2.42. The molecule has 0 saturated carbocycles. The maximum atomic E-state index is 13.3. The van der Waals surface area contributed by atoms with Gasteiger partial charge in [-0.3, -0.25) is 4.79 Å². The number of carbonyl (C=O) groups is 1. The van der Waals surface area contributed by atoms with Crippen LogP contribution in [-0.4, -0.2) is 66.0 Å².